The molecule has 7 heteroatoms. The minimum absolute atomic E-state index is 0.0203. The van der Waals surface area contributed by atoms with Crippen LogP contribution in [0, 0.1) is 12.8 Å². The first-order valence-corrected chi connectivity index (χ1v) is 11.8. The lowest BCUT2D eigenvalue weighted by atomic mass is 9.88. The SMILES string of the molecule is Cc1ccc(C(=O)N2CCC(C(=O)c3ccc(Cl)c(Cl)c3)CC2)cc1NC(=O)c1ccccc1. The molecule has 4 rings (SSSR count). The molecule has 0 spiro atoms. The largest absolute Gasteiger partial charge is 0.339 e. The minimum Gasteiger partial charge on any atom is -0.339 e. The van der Waals surface area contributed by atoms with E-state index < -0.39 is 0 Å². The number of hydrogen-bond acceptors (Lipinski definition) is 3. The fraction of sp³-hybridized carbons (Fsp3) is 0.222. The minimum atomic E-state index is -0.227. The van der Waals surface area contributed by atoms with E-state index in [1.54, 1.807) is 59.5 Å². The van der Waals surface area contributed by atoms with Crippen LogP contribution in [-0.2, 0) is 0 Å². The number of carbonyl (C=O) groups is 3. The van der Waals surface area contributed by atoms with Crippen LogP contribution in [0.2, 0.25) is 10.0 Å². The first-order valence-electron chi connectivity index (χ1n) is 11.1. The van der Waals surface area contributed by atoms with Crippen LogP contribution in [0.1, 0.15) is 49.5 Å². The number of benzene rings is 3. The highest BCUT2D eigenvalue weighted by molar-refractivity contribution is 6.42. The molecule has 1 aliphatic heterocycles. The number of nitrogens with one attached hydrogen (secondary N) is 1. The van der Waals surface area contributed by atoms with Gasteiger partial charge < -0.3 is 10.2 Å². The van der Waals surface area contributed by atoms with Crippen LogP contribution < -0.4 is 5.32 Å². The van der Waals surface area contributed by atoms with Crippen LogP contribution in [0.4, 0.5) is 5.69 Å². The Kier molecular flexibility index (Phi) is 7.35. The molecule has 1 aliphatic rings. The Morgan fingerprint density at radius 3 is 2.18 bits per heavy atom. The Morgan fingerprint density at radius 2 is 1.50 bits per heavy atom. The molecule has 0 atom stereocenters. The van der Waals surface area contributed by atoms with Crippen molar-refractivity contribution in [3.8, 4) is 0 Å². The quantitative estimate of drug-likeness (QED) is 0.423. The van der Waals surface area contributed by atoms with Crippen molar-refractivity contribution in [3.05, 3.63) is 99.0 Å². The highest BCUT2D eigenvalue weighted by Gasteiger charge is 2.29. The van der Waals surface area contributed by atoms with Gasteiger partial charge in [0, 0.05) is 41.4 Å². The number of anilines is 1. The Balaban J connectivity index is 1.41. The second kappa shape index (κ2) is 10.4. The van der Waals surface area contributed by atoms with E-state index in [1.807, 2.05) is 19.1 Å². The molecule has 0 bridgehead atoms. The lowest BCUT2D eigenvalue weighted by Gasteiger charge is -2.31. The van der Waals surface area contributed by atoms with Crippen molar-refractivity contribution in [2.45, 2.75) is 19.8 Å². The summed E-state index contributed by atoms with van der Waals surface area (Å²) in [6.07, 6.45) is 1.16. The van der Waals surface area contributed by atoms with Gasteiger partial charge in [0.2, 0.25) is 0 Å². The molecule has 0 radical (unpaired) electrons. The summed E-state index contributed by atoms with van der Waals surface area (Å²) >= 11 is 12.0. The van der Waals surface area contributed by atoms with Crippen LogP contribution in [0.3, 0.4) is 0 Å². The molecule has 3 aromatic carbocycles. The van der Waals surface area contributed by atoms with Gasteiger partial charge in [0.1, 0.15) is 0 Å². The molecular formula is C27H24Cl2N2O3. The Hall–Kier alpha value is -3.15. The molecule has 34 heavy (non-hydrogen) atoms. The zero-order valence-electron chi connectivity index (χ0n) is 18.7. The fourth-order valence-electron chi connectivity index (χ4n) is 4.09. The highest BCUT2D eigenvalue weighted by Crippen LogP contribution is 2.28. The highest BCUT2D eigenvalue weighted by atomic mass is 35.5. The van der Waals surface area contributed by atoms with Crippen molar-refractivity contribution in [1.82, 2.24) is 4.90 Å². The molecule has 1 fully saturated rings. The van der Waals surface area contributed by atoms with Gasteiger partial charge in [-0.05, 0) is 67.8 Å². The first-order chi connectivity index (χ1) is 16.3. The molecule has 5 nitrogen and oxygen atoms in total. The molecule has 2 amide bonds. The average molecular weight is 495 g/mol. The van der Waals surface area contributed by atoms with E-state index in [4.69, 9.17) is 23.2 Å². The number of aryl methyl sites for hydroxylation is 1. The summed E-state index contributed by atoms with van der Waals surface area (Å²) in [7, 11) is 0. The topological polar surface area (TPSA) is 66.5 Å². The predicted octanol–water partition coefficient (Wildman–Crippen LogP) is 6.29. The molecular weight excluding hydrogens is 471 g/mol. The third-order valence-corrected chi connectivity index (χ3v) is 6.86. The van der Waals surface area contributed by atoms with E-state index >= 15 is 0 Å². The van der Waals surface area contributed by atoms with Gasteiger partial charge in [-0.15, -0.1) is 0 Å². The van der Waals surface area contributed by atoms with Crippen molar-refractivity contribution in [3.63, 3.8) is 0 Å². The number of nitrogens with zero attached hydrogens (tertiary/aromatic N) is 1. The van der Waals surface area contributed by atoms with E-state index in [9.17, 15) is 14.4 Å². The first kappa shape index (κ1) is 24.0. The summed E-state index contributed by atoms with van der Waals surface area (Å²) in [5, 5.41) is 3.67. The predicted molar refractivity (Wildman–Crippen MR) is 135 cm³/mol. The third kappa shape index (κ3) is 5.32. The van der Waals surface area contributed by atoms with Crippen molar-refractivity contribution >= 4 is 46.5 Å². The number of halogens is 2. The summed E-state index contributed by atoms with van der Waals surface area (Å²) in [6, 6.07) is 19.2. The Labute approximate surface area is 208 Å². The standard InChI is InChI=1S/C27H24Cl2N2O3/c1-17-7-8-21(16-24(17)30-26(33)19-5-3-2-4-6-19)27(34)31-13-11-18(12-14-31)25(32)20-9-10-22(28)23(29)15-20/h2-10,15-16,18H,11-14H2,1H3,(H,30,33). The lowest BCUT2D eigenvalue weighted by Crippen LogP contribution is -2.40. The number of Topliss-reactive ketones (excluding diaryl/α,β-unsaturated/α-hetero) is 1. The van der Waals surface area contributed by atoms with E-state index in [0.717, 1.165) is 5.56 Å². The molecule has 0 aromatic heterocycles. The van der Waals surface area contributed by atoms with Gasteiger partial charge in [0.05, 0.1) is 10.0 Å². The van der Waals surface area contributed by atoms with Crippen molar-refractivity contribution in [1.29, 1.82) is 0 Å². The second-order valence-electron chi connectivity index (χ2n) is 8.41. The second-order valence-corrected chi connectivity index (χ2v) is 9.22. The number of piperidine rings is 1. The Bertz CT molecular complexity index is 1240. The van der Waals surface area contributed by atoms with E-state index in [0.29, 0.717) is 58.4 Å². The zero-order chi connectivity index (χ0) is 24.2. The molecule has 3 aromatic rings. The number of rotatable bonds is 5. The van der Waals surface area contributed by atoms with Gasteiger partial charge in [-0.3, -0.25) is 14.4 Å². The van der Waals surface area contributed by atoms with Gasteiger partial charge in [-0.1, -0.05) is 47.5 Å². The van der Waals surface area contributed by atoms with Gasteiger partial charge in [-0.2, -0.15) is 0 Å². The molecule has 1 heterocycles. The van der Waals surface area contributed by atoms with Gasteiger partial charge in [0.25, 0.3) is 11.8 Å². The summed E-state index contributed by atoms with van der Waals surface area (Å²) in [5.41, 5.74) is 3.06. The van der Waals surface area contributed by atoms with E-state index in [2.05, 4.69) is 5.32 Å². The monoisotopic (exact) mass is 494 g/mol. The van der Waals surface area contributed by atoms with Crippen LogP contribution in [0.15, 0.2) is 66.7 Å². The number of ketones is 1. The maximum absolute atomic E-state index is 13.1. The summed E-state index contributed by atoms with van der Waals surface area (Å²) in [5.74, 6) is -0.488. The maximum atomic E-state index is 13.1. The number of hydrogen-bond donors (Lipinski definition) is 1. The van der Waals surface area contributed by atoms with E-state index in [-0.39, 0.29) is 23.5 Å². The number of amides is 2. The Morgan fingerprint density at radius 1 is 0.824 bits per heavy atom. The van der Waals surface area contributed by atoms with Crippen LogP contribution in [0.25, 0.3) is 0 Å². The van der Waals surface area contributed by atoms with Crippen LogP contribution in [-0.4, -0.2) is 35.6 Å². The van der Waals surface area contributed by atoms with Crippen molar-refractivity contribution < 1.29 is 14.4 Å². The van der Waals surface area contributed by atoms with E-state index in [1.165, 1.54) is 0 Å². The molecule has 174 valence electrons. The maximum Gasteiger partial charge on any atom is 0.255 e. The van der Waals surface area contributed by atoms with Gasteiger partial charge in [-0.25, -0.2) is 0 Å². The van der Waals surface area contributed by atoms with Crippen LogP contribution >= 0.6 is 23.2 Å². The zero-order valence-corrected chi connectivity index (χ0v) is 20.2. The molecule has 0 aliphatic carbocycles. The summed E-state index contributed by atoms with van der Waals surface area (Å²) in [6.45, 7) is 2.85. The summed E-state index contributed by atoms with van der Waals surface area (Å²) < 4.78 is 0. The smallest absolute Gasteiger partial charge is 0.255 e. The van der Waals surface area contributed by atoms with Crippen molar-refractivity contribution in [2.24, 2.45) is 5.92 Å². The number of carbonyl (C=O) groups excluding carboxylic acids is 3. The molecule has 0 unspecified atom stereocenters. The molecule has 1 N–H and O–H groups in total. The van der Waals surface area contributed by atoms with Gasteiger partial charge >= 0.3 is 0 Å². The van der Waals surface area contributed by atoms with Gasteiger partial charge in [0.15, 0.2) is 5.78 Å². The van der Waals surface area contributed by atoms with Crippen LogP contribution in [0.5, 0.6) is 0 Å². The summed E-state index contributed by atoms with van der Waals surface area (Å²) in [4.78, 5) is 40.3. The lowest BCUT2D eigenvalue weighted by molar-refractivity contribution is 0.0650. The third-order valence-electron chi connectivity index (χ3n) is 6.13. The fourth-order valence-corrected chi connectivity index (χ4v) is 4.38. The normalized spacial score (nSPS) is 14.0. The molecule has 0 saturated carbocycles. The number of likely N-dealkylation sites (tertiary alicyclic amines) is 1. The average Bonchev–Trinajstić information content (AvgIpc) is 2.86. The molecule has 1 saturated heterocycles. The van der Waals surface area contributed by atoms with Crippen molar-refractivity contribution in [2.75, 3.05) is 18.4 Å².